The Morgan fingerprint density at radius 1 is 1.38 bits per heavy atom. The van der Waals surface area contributed by atoms with E-state index in [0.717, 1.165) is 19.3 Å². The van der Waals surface area contributed by atoms with Gasteiger partial charge in [0.05, 0.1) is 6.20 Å². The van der Waals surface area contributed by atoms with Crippen LogP contribution in [0.1, 0.15) is 39.0 Å². The fourth-order valence-electron chi connectivity index (χ4n) is 3.72. The van der Waals surface area contributed by atoms with Crippen LogP contribution < -0.4 is 5.32 Å². The molecule has 2 bridgehead atoms. The molecule has 1 aromatic heterocycles. The highest BCUT2D eigenvalue weighted by atomic mass is 32.2. The maximum atomic E-state index is 13.0. The average Bonchev–Trinajstić information content (AvgIpc) is 3.02. The molecule has 2 saturated heterocycles. The molecular formula is C14H24N4O2S. The van der Waals surface area contributed by atoms with Crippen LogP contribution in [0, 0.1) is 0 Å². The van der Waals surface area contributed by atoms with Crippen molar-refractivity contribution in [2.24, 2.45) is 7.05 Å². The van der Waals surface area contributed by atoms with Gasteiger partial charge in [0, 0.05) is 31.7 Å². The van der Waals surface area contributed by atoms with Gasteiger partial charge in [-0.15, -0.1) is 0 Å². The van der Waals surface area contributed by atoms with Crippen molar-refractivity contribution in [2.45, 2.75) is 62.2 Å². The molecule has 7 heteroatoms. The molecule has 3 heterocycles. The summed E-state index contributed by atoms with van der Waals surface area (Å²) in [7, 11) is -1.78. The molecule has 6 nitrogen and oxygen atoms in total. The van der Waals surface area contributed by atoms with Gasteiger partial charge in [0.2, 0.25) is 0 Å². The summed E-state index contributed by atoms with van der Waals surface area (Å²) in [5.41, 5.74) is 0. The number of sulfonamides is 1. The predicted octanol–water partition coefficient (Wildman–Crippen LogP) is 1.10. The number of nitrogens with zero attached hydrogens (tertiary/aromatic N) is 3. The second-order valence-electron chi connectivity index (χ2n) is 6.17. The third kappa shape index (κ3) is 2.74. The van der Waals surface area contributed by atoms with E-state index in [4.69, 9.17) is 0 Å². The molecule has 3 rings (SSSR count). The summed E-state index contributed by atoms with van der Waals surface area (Å²) in [6.45, 7) is 2.61. The van der Waals surface area contributed by atoms with Gasteiger partial charge in [-0.1, -0.05) is 6.92 Å². The van der Waals surface area contributed by atoms with Gasteiger partial charge >= 0.3 is 0 Å². The van der Waals surface area contributed by atoms with Crippen LogP contribution in [0.2, 0.25) is 0 Å². The first-order valence-electron chi connectivity index (χ1n) is 7.78. The number of aromatic nitrogens is 2. The lowest BCUT2D eigenvalue weighted by Crippen LogP contribution is -2.50. The molecule has 0 aliphatic carbocycles. The Morgan fingerprint density at radius 3 is 2.57 bits per heavy atom. The van der Waals surface area contributed by atoms with Gasteiger partial charge in [-0.3, -0.25) is 4.68 Å². The Morgan fingerprint density at radius 2 is 2.05 bits per heavy atom. The summed E-state index contributed by atoms with van der Waals surface area (Å²) in [5.74, 6) is 0. The molecule has 0 saturated carbocycles. The second-order valence-corrected chi connectivity index (χ2v) is 8.01. The summed E-state index contributed by atoms with van der Waals surface area (Å²) >= 11 is 0. The number of fused-ring (bicyclic) bond motifs is 2. The number of rotatable bonds is 5. The van der Waals surface area contributed by atoms with Crippen molar-refractivity contribution in [3.05, 3.63) is 12.3 Å². The molecule has 1 aromatic rings. The molecule has 2 fully saturated rings. The van der Waals surface area contributed by atoms with Crippen LogP contribution in [0.4, 0.5) is 0 Å². The second kappa shape index (κ2) is 5.70. The van der Waals surface area contributed by atoms with Gasteiger partial charge in [0.25, 0.3) is 10.0 Å². The van der Waals surface area contributed by atoms with E-state index < -0.39 is 10.0 Å². The first kappa shape index (κ1) is 15.0. The van der Waals surface area contributed by atoms with Crippen molar-refractivity contribution in [2.75, 3.05) is 6.54 Å². The maximum absolute atomic E-state index is 13.0. The highest BCUT2D eigenvalue weighted by Crippen LogP contribution is 2.32. The zero-order valence-electron chi connectivity index (χ0n) is 12.7. The Kier molecular flexibility index (Phi) is 4.07. The van der Waals surface area contributed by atoms with E-state index in [1.54, 1.807) is 23.6 Å². The smallest absolute Gasteiger partial charge is 0.260 e. The minimum absolute atomic E-state index is 0.114. The molecule has 0 spiro atoms. The zero-order valence-corrected chi connectivity index (χ0v) is 13.5. The molecular weight excluding hydrogens is 288 g/mol. The highest BCUT2D eigenvalue weighted by molar-refractivity contribution is 7.89. The van der Waals surface area contributed by atoms with Crippen LogP contribution in [0.5, 0.6) is 0 Å². The van der Waals surface area contributed by atoms with Crippen molar-refractivity contribution >= 4 is 10.0 Å². The maximum Gasteiger partial charge on any atom is 0.260 e. The summed E-state index contributed by atoms with van der Waals surface area (Å²) in [6.07, 6.45) is 6.57. The summed E-state index contributed by atoms with van der Waals surface area (Å²) < 4.78 is 29.1. The van der Waals surface area contributed by atoms with E-state index in [1.165, 1.54) is 17.5 Å². The fraction of sp³-hybridized carbons (Fsp3) is 0.786. The Balaban J connectivity index is 1.89. The van der Waals surface area contributed by atoms with Crippen molar-refractivity contribution in [1.82, 2.24) is 19.4 Å². The average molecular weight is 312 g/mol. The van der Waals surface area contributed by atoms with E-state index in [-0.39, 0.29) is 6.04 Å². The molecule has 21 heavy (non-hydrogen) atoms. The SMILES string of the molecule is CCCN(C1CC2CCC(C1)N2)S(=O)(=O)c1ccnn1C. The summed E-state index contributed by atoms with van der Waals surface area (Å²) in [6, 6.07) is 2.67. The molecule has 1 N–H and O–H groups in total. The number of aryl methyl sites for hydroxylation is 1. The number of hydrogen-bond acceptors (Lipinski definition) is 4. The molecule has 2 aliphatic rings. The summed E-state index contributed by atoms with van der Waals surface area (Å²) in [5, 5.41) is 7.88. The van der Waals surface area contributed by atoms with E-state index in [2.05, 4.69) is 10.4 Å². The number of nitrogens with one attached hydrogen (secondary N) is 1. The van der Waals surface area contributed by atoms with E-state index in [0.29, 0.717) is 23.7 Å². The van der Waals surface area contributed by atoms with E-state index in [9.17, 15) is 8.42 Å². The number of piperidine rings is 1. The molecule has 0 aromatic carbocycles. The molecule has 2 unspecified atom stereocenters. The Labute approximate surface area is 126 Å². The van der Waals surface area contributed by atoms with Gasteiger partial charge < -0.3 is 5.32 Å². The summed E-state index contributed by atoms with van der Waals surface area (Å²) in [4.78, 5) is 0. The van der Waals surface area contributed by atoms with Crippen LogP contribution in [-0.2, 0) is 17.1 Å². The standard InChI is InChI=1S/C14H24N4O2S/c1-3-8-18(13-9-11-4-5-12(10-13)16-11)21(19,20)14-6-7-15-17(14)2/h6-7,11-13,16H,3-5,8-10H2,1-2H3. The van der Waals surface area contributed by atoms with Gasteiger partial charge in [0.15, 0.2) is 5.03 Å². The van der Waals surface area contributed by atoms with Crippen molar-refractivity contribution in [3.8, 4) is 0 Å². The lowest BCUT2D eigenvalue weighted by molar-refractivity contribution is 0.225. The molecule has 0 radical (unpaired) electrons. The topological polar surface area (TPSA) is 67.2 Å². The van der Waals surface area contributed by atoms with Gasteiger partial charge in [-0.25, -0.2) is 8.42 Å². The van der Waals surface area contributed by atoms with E-state index >= 15 is 0 Å². The normalized spacial score (nSPS) is 29.2. The minimum Gasteiger partial charge on any atom is -0.311 e. The van der Waals surface area contributed by atoms with Crippen molar-refractivity contribution in [1.29, 1.82) is 0 Å². The van der Waals surface area contributed by atoms with Gasteiger partial charge in [0.1, 0.15) is 0 Å². The van der Waals surface area contributed by atoms with Crippen LogP contribution in [0.3, 0.4) is 0 Å². The molecule has 0 amide bonds. The molecule has 118 valence electrons. The lowest BCUT2D eigenvalue weighted by atomic mass is 10.00. The van der Waals surface area contributed by atoms with Crippen molar-refractivity contribution in [3.63, 3.8) is 0 Å². The minimum atomic E-state index is -3.46. The van der Waals surface area contributed by atoms with Crippen molar-refractivity contribution < 1.29 is 8.42 Å². The first-order chi connectivity index (χ1) is 10.0. The molecule has 2 atom stereocenters. The van der Waals surface area contributed by atoms with Crippen LogP contribution in [-0.4, -0.2) is 47.2 Å². The monoisotopic (exact) mass is 312 g/mol. The third-order valence-corrected chi connectivity index (χ3v) is 6.68. The largest absolute Gasteiger partial charge is 0.311 e. The first-order valence-corrected chi connectivity index (χ1v) is 9.22. The fourth-order valence-corrected chi connectivity index (χ4v) is 5.56. The zero-order chi connectivity index (χ0) is 15.0. The Bertz CT molecular complexity index is 586. The lowest BCUT2D eigenvalue weighted by Gasteiger charge is -2.36. The quantitative estimate of drug-likeness (QED) is 0.884. The van der Waals surface area contributed by atoms with Gasteiger partial charge in [-0.05, 0) is 38.2 Å². The Hall–Kier alpha value is -0.920. The van der Waals surface area contributed by atoms with Crippen LogP contribution in [0.15, 0.2) is 17.3 Å². The van der Waals surface area contributed by atoms with Crippen LogP contribution in [0.25, 0.3) is 0 Å². The number of hydrogen-bond donors (Lipinski definition) is 1. The molecule has 2 aliphatic heterocycles. The van der Waals surface area contributed by atoms with E-state index in [1.807, 2.05) is 6.92 Å². The third-order valence-electron chi connectivity index (χ3n) is 4.65. The highest BCUT2D eigenvalue weighted by Gasteiger charge is 2.40. The predicted molar refractivity (Wildman–Crippen MR) is 80.4 cm³/mol. The van der Waals surface area contributed by atoms with Gasteiger partial charge in [-0.2, -0.15) is 9.40 Å². The van der Waals surface area contributed by atoms with Crippen LogP contribution >= 0.6 is 0 Å².